The van der Waals surface area contributed by atoms with Crippen molar-refractivity contribution in [1.82, 2.24) is 4.98 Å². The Morgan fingerprint density at radius 3 is 2.52 bits per heavy atom. The van der Waals surface area contributed by atoms with E-state index >= 15 is 0 Å². The molecule has 0 bridgehead atoms. The van der Waals surface area contributed by atoms with Crippen molar-refractivity contribution in [2.75, 3.05) is 5.32 Å². The molecule has 2 aromatic carbocycles. The fourth-order valence-electron chi connectivity index (χ4n) is 2.39. The third-order valence-corrected chi connectivity index (χ3v) is 5.42. The molecule has 3 nitrogen and oxygen atoms in total. The summed E-state index contributed by atoms with van der Waals surface area (Å²) in [6, 6.07) is 11.4. The molecule has 1 N–H and O–H groups in total. The minimum Gasteiger partial charge on any atom is -0.302 e. The van der Waals surface area contributed by atoms with E-state index in [1.165, 1.54) is 22.5 Å². The molecular formula is C19H16Cl2N2OS. The van der Waals surface area contributed by atoms with E-state index in [0.717, 1.165) is 11.3 Å². The molecule has 128 valence electrons. The average molecular weight is 391 g/mol. The molecule has 25 heavy (non-hydrogen) atoms. The molecule has 0 spiro atoms. The molecule has 0 saturated heterocycles. The van der Waals surface area contributed by atoms with Crippen LogP contribution in [0, 0.1) is 13.8 Å². The van der Waals surface area contributed by atoms with Gasteiger partial charge in [-0.3, -0.25) is 4.79 Å². The van der Waals surface area contributed by atoms with E-state index in [2.05, 4.69) is 36.3 Å². The lowest BCUT2D eigenvalue weighted by Gasteiger charge is -2.06. The molecule has 0 aliphatic rings. The number of halogens is 2. The maximum absolute atomic E-state index is 12.3. The van der Waals surface area contributed by atoms with Crippen molar-refractivity contribution in [3.8, 4) is 11.3 Å². The number of aryl methyl sites for hydroxylation is 2. The van der Waals surface area contributed by atoms with Crippen LogP contribution in [-0.2, 0) is 11.2 Å². The van der Waals surface area contributed by atoms with Gasteiger partial charge in [0.15, 0.2) is 5.13 Å². The van der Waals surface area contributed by atoms with E-state index in [1.807, 2.05) is 11.4 Å². The van der Waals surface area contributed by atoms with Gasteiger partial charge in [0.2, 0.25) is 5.91 Å². The Kier molecular flexibility index (Phi) is 5.42. The van der Waals surface area contributed by atoms with Crippen LogP contribution in [0.2, 0.25) is 10.0 Å². The van der Waals surface area contributed by atoms with E-state index in [1.54, 1.807) is 18.2 Å². The van der Waals surface area contributed by atoms with Crippen LogP contribution in [0.15, 0.2) is 41.8 Å². The lowest BCUT2D eigenvalue weighted by Crippen LogP contribution is -2.14. The van der Waals surface area contributed by atoms with Crippen LogP contribution in [0.1, 0.15) is 16.7 Å². The van der Waals surface area contributed by atoms with Crippen LogP contribution in [0.5, 0.6) is 0 Å². The van der Waals surface area contributed by atoms with Crippen molar-refractivity contribution >= 4 is 45.6 Å². The fourth-order valence-corrected chi connectivity index (χ4v) is 3.66. The largest absolute Gasteiger partial charge is 0.302 e. The van der Waals surface area contributed by atoms with Gasteiger partial charge in [0.05, 0.1) is 12.1 Å². The van der Waals surface area contributed by atoms with Crippen LogP contribution >= 0.6 is 34.5 Å². The van der Waals surface area contributed by atoms with Crippen LogP contribution in [0.25, 0.3) is 11.3 Å². The third-order valence-electron chi connectivity index (χ3n) is 3.95. The number of thiazole rings is 1. The summed E-state index contributed by atoms with van der Waals surface area (Å²) in [7, 11) is 0. The molecule has 0 aliphatic carbocycles. The molecule has 0 unspecified atom stereocenters. The lowest BCUT2D eigenvalue weighted by atomic mass is 10.1. The quantitative estimate of drug-likeness (QED) is 0.600. The zero-order chi connectivity index (χ0) is 18.0. The summed E-state index contributed by atoms with van der Waals surface area (Å²) in [5, 5.41) is 6.27. The van der Waals surface area contributed by atoms with E-state index in [4.69, 9.17) is 23.2 Å². The van der Waals surface area contributed by atoms with Crippen LogP contribution < -0.4 is 5.32 Å². The number of carbonyl (C=O) groups is 1. The molecule has 0 fully saturated rings. The molecule has 0 saturated carbocycles. The van der Waals surface area contributed by atoms with Gasteiger partial charge in [-0.1, -0.05) is 41.4 Å². The first-order valence-corrected chi connectivity index (χ1v) is 9.33. The maximum Gasteiger partial charge on any atom is 0.230 e. The molecule has 0 atom stereocenters. The number of nitrogens with zero attached hydrogens (tertiary/aromatic N) is 1. The van der Waals surface area contributed by atoms with Gasteiger partial charge in [-0.05, 0) is 48.7 Å². The van der Waals surface area contributed by atoms with Gasteiger partial charge < -0.3 is 5.32 Å². The van der Waals surface area contributed by atoms with Gasteiger partial charge in [0.25, 0.3) is 0 Å². The number of aromatic nitrogens is 1. The molecular weight excluding hydrogens is 375 g/mol. The number of benzene rings is 2. The molecule has 3 rings (SSSR count). The topological polar surface area (TPSA) is 42.0 Å². The number of nitrogens with one attached hydrogen (secondary N) is 1. The molecule has 0 radical (unpaired) electrons. The number of carbonyl (C=O) groups excluding carboxylic acids is 1. The van der Waals surface area contributed by atoms with Crippen molar-refractivity contribution in [2.45, 2.75) is 20.3 Å². The second-order valence-corrected chi connectivity index (χ2v) is 7.43. The van der Waals surface area contributed by atoms with E-state index < -0.39 is 0 Å². The average Bonchev–Trinajstić information content (AvgIpc) is 3.02. The highest BCUT2D eigenvalue weighted by atomic mass is 35.5. The van der Waals surface area contributed by atoms with Gasteiger partial charge in [0.1, 0.15) is 0 Å². The molecule has 3 aromatic rings. The van der Waals surface area contributed by atoms with Gasteiger partial charge in [-0.15, -0.1) is 11.3 Å². The van der Waals surface area contributed by atoms with E-state index in [9.17, 15) is 4.79 Å². The summed E-state index contributed by atoms with van der Waals surface area (Å²) < 4.78 is 0. The Morgan fingerprint density at radius 1 is 1.12 bits per heavy atom. The number of hydrogen-bond donors (Lipinski definition) is 1. The standard InChI is InChI=1S/C19H16Cl2N2OS/c1-11-6-7-13(8-12(11)2)17-10-25-19(22-17)23-18(24)9-14-15(20)4-3-5-16(14)21/h3-8,10H,9H2,1-2H3,(H,22,23,24). The Morgan fingerprint density at radius 2 is 1.84 bits per heavy atom. The van der Waals surface area contributed by atoms with Crippen molar-refractivity contribution in [3.63, 3.8) is 0 Å². The predicted octanol–water partition coefficient (Wildman–Crippen LogP) is 5.91. The van der Waals surface area contributed by atoms with Gasteiger partial charge in [0, 0.05) is 21.0 Å². The highest BCUT2D eigenvalue weighted by Gasteiger charge is 2.13. The Bertz CT molecular complexity index is 917. The SMILES string of the molecule is Cc1ccc(-c2csc(NC(=O)Cc3c(Cl)cccc3Cl)n2)cc1C. The molecule has 1 heterocycles. The zero-order valence-electron chi connectivity index (χ0n) is 13.8. The number of rotatable bonds is 4. The van der Waals surface area contributed by atoms with E-state index in [0.29, 0.717) is 20.7 Å². The highest BCUT2D eigenvalue weighted by molar-refractivity contribution is 7.14. The van der Waals surface area contributed by atoms with Crippen molar-refractivity contribution in [2.24, 2.45) is 0 Å². The van der Waals surface area contributed by atoms with Crippen LogP contribution in [0.4, 0.5) is 5.13 Å². The Balaban J connectivity index is 1.73. The molecule has 0 aliphatic heterocycles. The highest BCUT2D eigenvalue weighted by Crippen LogP contribution is 2.28. The summed E-state index contributed by atoms with van der Waals surface area (Å²) in [4.78, 5) is 16.8. The second-order valence-electron chi connectivity index (χ2n) is 5.76. The minimum atomic E-state index is -0.198. The van der Waals surface area contributed by atoms with Gasteiger partial charge >= 0.3 is 0 Å². The first kappa shape index (κ1) is 17.9. The Labute approximate surface area is 160 Å². The Hall–Kier alpha value is -1.88. The molecule has 1 aromatic heterocycles. The molecule has 1 amide bonds. The van der Waals surface area contributed by atoms with Crippen molar-refractivity contribution in [3.05, 3.63) is 68.5 Å². The van der Waals surface area contributed by atoms with Crippen LogP contribution in [-0.4, -0.2) is 10.9 Å². The summed E-state index contributed by atoms with van der Waals surface area (Å²) in [6.07, 6.45) is 0.108. The number of anilines is 1. The monoisotopic (exact) mass is 390 g/mol. The number of hydrogen-bond acceptors (Lipinski definition) is 3. The van der Waals surface area contributed by atoms with Gasteiger partial charge in [-0.25, -0.2) is 4.98 Å². The number of amides is 1. The molecule has 6 heteroatoms. The van der Waals surface area contributed by atoms with Gasteiger partial charge in [-0.2, -0.15) is 0 Å². The second kappa shape index (κ2) is 7.56. The third kappa shape index (κ3) is 4.21. The minimum absolute atomic E-state index is 0.108. The summed E-state index contributed by atoms with van der Waals surface area (Å²) >= 11 is 13.6. The smallest absolute Gasteiger partial charge is 0.230 e. The fraction of sp³-hybridized carbons (Fsp3) is 0.158. The van der Waals surface area contributed by atoms with Crippen molar-refractivity contribution in [1.29, 1.82) is 0 Å². The summed E-state index contributed by atoms with van der Waals surface area (Å²) in [6.45, 7) is 4.15. The van der Waals surface area contributed by atoms with E-state index in [-0.39, 0.29) is 12.3 Å². The van der Waals surface area contributed by atoms with Crippen molar-refractivity contribution < 1.29 is 4.79 Å². The summed E-state index contributed by atoms with van der Waals surface area (Å²) in [5.74, 6) is -0.198. The normalized spacial score (nSPS) is 10.7. The van der Waals surface area contributed by atoms with Crippen LogP contribution in [0.3, 0.4) is 0 Å². The predicted molar refractivity (Wildman–Crippen MR) is 106 cm³/mol. The zero-order valence-corrected chi connectivity index (χ0v) is 16.1. The lowest BCUT2D eigenvalue weighted by molar-refractivity contribution is -0.115. The first-order valence-electron chi connectivity index (χ1n) is 7.70. The maximum atomic E-state index is 12.3. The first-order chi connectivity index (χ1) is 11.9. The summed E-state index contributed by atoms with van der Waals surface area (Å²) in [5.41, 5.74) is 4.95.